The van der Waals surface area contributed by atoms with Crippen molar-refractivity contribution in [3.8, 4) is 5.69 Å². The normalized spacial score (nSPS) is 11.9. The zero-order valence-electron chi connectivity index (χ0n) is 9.70. The van der Waals surface area contributed by atoms with Gasteiger partial charge in [-0.2, -0.15) is 5.10 Å². The Bertz CT molecular complexity index is 472. The molecule has 0 bridgehead atoms. The molecule has 0 amide bonds. The average molecular weight is 255 g/mol. The number of rotatable bonds is 3. The van der Waals surface area contributed by atoms with Gasteiger partial charge in [-0.1, -0.05) is 0 Å². The highest BCUT2D eigenvalue weighted by Gasteiger charge is 2.16. The molecule has 0 radical (unpaired) electrons. The fraction of sp³-hybridized carbons (Fsp3) is 0.273. The molecule has 2 aromatic heterocycles. The minimum Gasteiger partial charge on any atom is -0.396 e. The largest absolute Gasteiger partial charge is 0.396 e. The molecule has 0 spiro atoms. The second kappa shape index (κ2) is 5.65. The van der Waals surface area contributed by atoms with Crippen molar-refractivity contribution < 1.29 is 4.74 Å². The summed E-state index contributed by atoms with van der Waals surface area (Å²) in [5, 5.41) is 4.23. The third-order valence-corrected chi connectivity index (χ3v) is 2.47. The van der Waals surface area contributed by atoms with Gasteiger partial charge < -0.3 is 10.5 Å². The van der Waals surface area contributed by atoms with Crippen LogP contribution in [0.15, 0.2) is 30.7 Å². The molecule has 1 atom stereocenters. The van der Waals surface area contributed by atoms with Gasteiger partial charge in [0.15, 0.2) is 0 Å². The summed E-state index contributed by atoms with van der Waals surface area (Å²) in [5.41, 5.74) is 8.21. The predicted molar refractivity (Wildman–Crippen MR) is 68.4 cm³/mol. The Labute approximate surface area is 106 Å². The predicted octanol–water partition coefficient (Wildman–Crippen LogP) is 1.98. The van der Waals surface area contributed by atoms with E-state index in [4.69, 9.17) is 10.5 Å². The van der Waals surface area contributed by atoms with Crippen LogP contribution in [0.3, 0.4) is 0 Å². The molecule has 0 unspecified atom stereocenters. The summed E-state index contributed by atoms with van der Waals surface area (Å²) in [7, 11) is 1.64. The Morgan fingerprint density at radius 1 is 1.41 bits per heavy atom. The molecule has 2 heterocycles. The number of nitrogen functional groups attached to an aromatic ring is 1. The number of pyridine rings is 1. The number of hydrogen-bond acceptors (Lipinski definition) is 4. The van der Waals surface area contributed by atoms with Crippen molar-refractivity contribution >= 4 is 18.1 Å². The van der Waals surface area contributed by atoms with Gasteiger partial charge in [0.1, 0.15) is 0 Å². The van der Waals surface area contributed by atoms with Gasteiger partial charge in [-0.15, -0.1) is 12.4 Å². The highest BCUT2D eigenvalue weighted by atomic mass is 35.5. The van der Waals surface area contributed by atoms with E-state index in [0.717, 1.165) is 11.4 Å². The van der Waals surface area contributed by atoms with Gasteiger partial charge in [-0.25, -0.2) is 4.68 Å². The lowest BCUT2D eigenvalue weighted by Crippen LogP contribution is -2.08. The summed E-state index contributed by atoms with van der Waals surface area (Å²) in [5.74, 6) is 0. The molecular formula is C11H15ClN4O. The van der Waals surface area contributed by atoms with Crippen molar-refractivity contribution in [1.29, 1.82) is 0 Å². The van der Waals surface area contributed by atoms with Crippen molar-refractivity contribution in [1.82, 2.24) is 14.8 Å². The number of nitrogens with two attached hydrogens (primary N) is 1. The van der Waals surface area contributed by atoms with Crippen LogP contribution in [0, 0.1) is 0 Å². The van der Waals surface area contributed by atoms with Crippen molar-refractivity contribution in [2.24, 2.45) is 0 Å². The van der Waals surface area contributed by atoms with Crippen LogP contribution >= 0.6 is 12.4 Å². The van der Waals surface area contributed by atoms with E-state index in [0.29, 0.717) is 5.69 Å². The minimum absolute atomic E-state index is 0. The average Bonchev–Trinajstić information content (AvgIpc) is 2.71. The Kier molecular flexibility index (Phi) is 4.48. The number of ether oxygens (including phenoxy) is 1. The fourth-order valence-electron chi connectivity index (χ4n) is 1.57. The van der Waals surface area contributed by atoms with E-state index in [1.54, 1.807) is 30.4 Å². The van der Waals surface area contributed by atoms with Crippen LogP contribution in [-0.2, 0) is 4.74 Å². The highest BCUT2D eigenvalue weighted by Crippen LogP contribution is 2.24. The number of anilines is 1. The van der Waals surface area contributed by atoms with E-state index in [1.807, 2.05) is 19.1 Å². The lowest BCUT2D eigenvalue weighted by atomic mass is 10.2. The first kappa shape index (κ1) is 13.5. The monoisotopic (exact) mass is 254 g/mol. The highest BCUT2D eigenvalue weighted by molar-refractivity contribution is 5.85. The van der Waals surface area contributed by atoms with Gasteiger partial charge in [0, 0.05) is 13.3 Å². The first-order valence-electron chi connectivity index (χ1n) is 5.00. The molecule has 2 N–H and O–H groups in total. The van der Waals surface area contributed by atoms with Crippen LogP contribution in [0.4, 0.5) is 5.69 Å². The molecule has 0 aliphatic heterocycles. The second-order valence-electron chi connectivity index (χ2n) is 3.49. The summed E-state index contributed by atoms with van der Waals surface area (Å²) in [4.78, 5) is 4.05. The fourth-order valence-corrected chi connectivity index (χ4v) is 1.57. The van der Waals surface area contributed by atoms with Gasteiger partial charge in [0.2, 0.25) is 0 Å². The number of nitrogens with zero attached hydrogens (tertiary/aromatic N) is 3. The lowest BCUT2D eigenvalue weighted by Gasteiger charge is -2.13. The van der Waals surface area contributed by atoms with Crippen LogP contribution in [-0.4, -0.2) is 21.9 Å². The quantitative estimate of drug-likeness (QED) is 0.910. The SMILES string of the molecule is CO[C@@H](C)c1c(N)cnn1-c1cccnc1.Cl. The number of methoxy groups -OCH3 is 1. The van der Waals surface area contributed by atoms with E-state index >= 15 is 0 Å². The maximum atomic E-state index is 5.87. The van der Waals surface area contributed by atoms with Crippen molar-refractivity contribution in [2.45, 2.75) is 13.0 Å². The first-order chi connectivity index (χ1) is 7.74. The van der Waals surface area contributed by atoms with Crippen molar-refractivity contribution in [3.63, 3.8) is 0 Å². The maximum Gasteiger partial charge on any atom is 0.0985 e. The Morgan fingerprint density at radius 2 is 2.18 bits per heavy atom. The molecule has 17 heavy (non-hydrogen) atoms. The summed E-state index contributed by atoms with van der Waals surface area (Å²) in [6.45, 7) is 1.93. The molecule has 0 aromatic carbocycles. The number of aromatic nitrogens is 3. The van der Waals surface area contributed by atoms with Crippen LogP contribution < -0.4 is 5.73 Å². The molecule has 2 rings (SSSR count). The van der Waals surface area contributed by atoms with Gasteiger partial charge in [0.05, 0.1) is 35.6 Å². The van der Waals surface area contributed by atoms with Crippen LogP contribution in [0.25, 0.3) is 5.69 Å². The molecule has 0 saturated carbocycles. The van der Waals surface area contributed by atoms with E-state index in [2.05, 4.69) is 10.1 Å². The zero-order valence-corrected chi connectivity index (χ0v) is 10.5. The third kappa shape index (κ3) is 2.57. The summed E-state index contributed by atoms with van der Waals surface area (Å²) < 4.78 is 7.02. The molecule has 0 aliphatic rings. The van der Waals surface area contributed by atoms with E-state index in [1.165, 1.54) is 0 Å². The van der Waals surface area contributed by atoms with E-state index in [-0.39, 0.29) is 18.5 Å². The third-order valence-electron chi connectivity index (χ3n) is 2.47. The molecule has 6 heteroatoms. The number of halogens is 1. The molecule has 5 nitrogen and oxygen atoms in total. The smallest absolute Gasteiger partial charge is 0.0985 e. The lowest BCUT2D eigenvalue weighted by molar-refractivity contribution is 0.114. The Balaban J connectivity index is 0.00000144. The topological polar surface area (TPSA) is 66.0 Å². The molecule has 0 fully saturated rings. The Hall–Kier alpha value is -1.59. The van der Waals surface area contributed by atoms with E-state index < -0.39 is 0 Å². The van der Waals surface area contributed by atoms with Gasteiger partial charge in [-0.3, -0.25) is 4.98 Å². The standard InChI is InChI=1S/C11H14N4O.ClH/c1-8(16-2)11-10(12)7-14-15(11)9-4-3-5-13-6-9;/h3-8H,12H2,1-2H3;1H/t8-;/m0./s1. The zero-order chi connectivity index (χ0) is 11.5. The molecule has 0 saturated heterocycles. The molecule has 0 aliphatic carbocycles. The minimum atomic E-state index is -0.109. The second-order valence-corrected chi connectivity index (χ2v) is 3.49. The van der Waals surface area contributed by atoms with Crippen LogP contribution in [0.5, 0.6) is 0 Å². The first-order valence-corrected chi connectivity index (χ1v) is 5.00. The molecular weight excluding hydrogens is 240 g/mol. The summed E-state index contributed by atoms with van der Waals surface area (Å²) >= 11 is 0. The Morgan fingerprint density at radius 3 is 2.76 bits per heavy atom. The number of hydrogen-bond donors (Lipinski definition) is 1. The maximum absolute atomic E-state index is 5.87. The van der Waals surface area contributed by atoms with Gasteiger partial charge >= 0.3 is 0 Å². The molecule has 92 valence electrons. The van der Waals surface area contributed by atoms with E-state index in [9.17, 15) is 0 Å². The van der Waals surface area contributed by atoms with Crippen molar-refractivity contribution in [3.05, 3.63) is 36.4 Å². The van der Waals surface area contributed by atoms with Crippen LogP contribution in [0.2, 0.25) is 0 Å². The van der Waals surface area contributed by atoms with Gasteiger partial charge in [-0.05, 0) is 19.1 Å². The van der Waals surface area contributed by atoms with Gasteiger partial charge in [0.25, 0.3) is 0 Å². The summed E-state index contributed by atoms with van der Waals surface area (Å²) in [6.07, 6.45) is 4.97. The van der Waals surface area contributed by atoms with Crippen LogP contribution in [0.1, 0.15) is 18.7 Å². The van der Waals surface area contributed by atoms with Crippen molar-refractivity contribution in [2.75, 3.05) is 12.8 Å². The molecule has 2 aromatic rings. The summed E-state index contributed by atoms with van der Waals surface area (Å²) in [6, 6.07) is 3.78.